The van der Waals surface area contributed by atoms with Gasteiger partial charge in [-0.05, 0) is 35.9 Å². The number of ketones is 1. The van der Waals surface area contributed by atoms with Crippen molar-refractivity contribution in [3.63, 3.8) is 0 Å². The van der Waals surface area contributed by atoms with Gasteiger partial charge in [-0.25, -0.2) is 9.78 Å². The highest BCUT2D eigenvalue weighted by Gasteiger charge is 2.30. The van der Waals surface area contributed by atoms with E-state index in [1.165, 1.54) is 7.11 Å². The van der Waals surface area contributed by atoms with Crippen LogP contribution in [-0.2, 0) is 16.1 Å². The van der Waals surface area contributed by atoms with Crippen LogP contribution in [0.3, 0.4) is 0 Å². The Labute approximate surface area is 196 Å². The lowest BCUT2D eigenvalue weighted by molar-refractivity contribution is -0.133. The van der Waals surface area contributed by atoms with Crippen molar-refractivity contribution in [1.29, 1.82) is 0 Å². The molecule has 0 saturated heterocycles. The zero-order chi connectivity index (χ0) is 23.5. The highest BCUT2D eigenvalue weighted by Crippen LogP contribution is 2.34. The molecule has 1 aromatic heterocycles. The minimum Gasteiger partial charge on any atom is -0.488 e. The van der Waals surface area contributed by atoms with Gasteiger partial charge in [-0.15, -0.1) is 0 Å². The van der Waals surface area contributed by atoms with E-state index in [-0.39, 0.29) is 30.1 Å². The minimum absolute atomic E-state index is 0.0215. The van der Waals surface area contributed by atoms with Crippen LogP contribution in [0.2, 0.25) is 0 Å². The van der Waals surface area contributed by atoms with E-state index < -0.39 is 5.97 Å². The van der Waals surface area contributed by atoms with Gasteiger partial charge in [0.15, 0.2) is 5.78 Å². The van der Waals surface area contributed by atoms with Gasteiger partial charge in [-0.2, -0.15) is 0 Å². The molecule has 0 fully saturated rings. The number of fused-ring (bicyclic) bond motifs is 2. The number of para-hydroxylation sites is 1. The Bertz CT molecular complexity index is 1430. The first-order chi connectivity index (χ1) is 16.6. The predicted octanol–water partition coefficient (Wildman–Crippen LogP) is 5.02. The molecule has 5 rings (SSSR count). The number of hydrogen-bond acceptors (Lipinski definition) is 6. The highest BCUT2D eigenvalue weighted by molar-refractivity contribution is 6.27. The number of carbonyl (C=O) groups is 2. The van der Waals surface area contributed by atoms with Crippen molar-refractivity contribution in [3.8, 4) is 11.5 Å². The number of benzene rings is 3. The zero-order valence-corrected chi connectivity index (χ0v) is 18.5. The monoisotopic (exact) mass is 451 g/mol. The third-order valence-corrected chi connectivity index (χ3v) is 5.64. The first-order valence-corrected chi connectivity index (χ1v) is 10.8. The van der Waals surface area contributed by atoms with E-state index in [1.54, 1.807) is 42.5 Å². The second-order valence-corrected chi connectivity index (χ2v) is 7.77. The lowest BCUT2D eigenvalue weighted by atomic mass is 9.92. The predicted molar refractivity (Wildman–Crippen MR) is 128 cm³/mol. The van der Waals surface area contributed by atoms with Crippen LogP contribution in [0, 0.1) is 0 Å². The number of rotatable bonds is 5. The van der Waals surface area contributed by atoms with Crippen LogP contribution in [0.15, 0.2) is 90.5 Å². The van der Waals surface area contributed by atoms with E-state index in [4.69, 9.17) is 14.2 Å². The number of methoxy groups -OCH3 is 1. The maximum atomic E-state index is 13.4. The van der Waals surface area contributed by atoms with E-state index in [9.17, 15) is 9.59 Å². The van der Waals surface area contributed by atoms with Crippen molar-refractivity contribution >= 4 is 28.2 Å². The fraction of sp³-hybridized carbons (Fsp3) is 0.107. The largest absolute Gasteiger partial charge is 0.488 e. The average molecular weight is 451 g/mol. The van der Waals surface area contributed by atoms with Crippen molar-refractivity contribution < 1.29 is 23.8 Å². The standard InChI is InChI=1S/C28H21NO5/c1-32-28(31)26(19-8-3-2-4-9-19)23-17-34-25-14-13-21(15-22(25)27(23)30)33-16-20-12-11-18-7-5-6-10-24(18)29-20/h2-15H,16-17H2,1H3. The van der Waals surface area contributed by atoms with Gasteiger partial charge in [0.05, 0.1) is 35.0 Å². The summed E-state index contributed by atoms with van der Waals surface area (Å²) in [6, 6.07) is 25.8. The van der Waals surface area contributed by atoms with Gasteiger partial charge in [-0.3, -0.25) is 4.79 Å². The Kier molecular flexibility index (Phi) is 5.79. The Morgan fingerprint density at radius 2 is 1.76 bits per heavy atom. The van der Waals surface area contributed by atoms with E-state index in [0.717, 1.165) is 16.6 Å². The van der Waals surface area contributed by atoms with Crippen molar-refractivity contribution in [3.05, 3.63) is 107 Å². The fourth-order valence-corrected chi connectivity index (χ4v) is 3.93. The molecule has 0 N–H and O–H groups in total. The molecule has 1 aliphatic heterocycles. The van der Waals surface area contributed by atoms with Crippen molar-refractivity contribution in [2.45, 2.75) is 6.61 Å². The number of hydrogen-bond donors (Lipinski definition) is 0. The van der Waals surface area contributed by atoms with Crippen LogP contribution in [0.4, 0.5) is 0 Å². The Balaban J connectivity index is 1.44. The fourth-order valence-electron chi connectivity index (χ4n) is 3.93. The van der Waals surface area contributed by atoms with Crippen LogP contribution in [0.1, 0.15) is 21.6 Å². The summed E-state index contributed by atoms with van der Waals surface area (Å²) in [7, 11) is 1.29. The van der Waals surface area contributed by atoms with Gasteiger partial charge < -0.3 is 14.2 Å². The van der Waals surface area contributed by atoms with Crippen molar-refractivity contribution in [2.24, 2.45) is 0 Å². The first-order valence-electron chi connectivity index (χ1n) is 10.8. The van der Waals surface area contributed by atoms with E-state index in [1.807, 2.05) is 42.5 Å². The summed E-state index contributed by atoms with van der Waals surface area (Å²) in [6.07, 6.45) is 0. The topological polar surface area (TPSA) is 74.7 Å². The summed E-state index contributed by atoms with van der Waals surface area (Å²) in [5, 5.41) is 1.06. The zero-order valence-electron chi connectivity index (χ0n) is 18.5. The normalized spacial score (nSPS) is 14.2. The van der Waals surface area contributed by atoms with Gasteiger partial charge in [0.25, 0.3) is 0 Å². The molecule has 0 unspecified atom stereocenters. The molecule has 1 aliphatic rings. The van der Waals surface area contributed by atoms with Crippen molar-refractivity contribution in [2.75, 3.05) is 13.7 Å². The summed E-state index contributed by atoms with van der Waals surface area (Å²) in [6.45, 7) is 0.227. The molecule has 0 spiro atoms. The van der Waals surface area contributed by atoms with E-state index in [2.05, 4.69) is 4.98 Å². The number of nitrogens with zero attached hydrogens (tertiary/aromatic N) is 1. The van der Waals surface area contributed by atoms with Crippen LogP contribution in [0.5, 0.6) is 11.5 Å². The third kappa shape index (κ3) is 4.13. The first kappa shape index (κ1) is 21.4. The molecule has 2 heterocycles. The Hall–Kier alpha value is -4.45. The smallest absolute Gasteiger partial charge is 0.339 e. The van der Waals surface area contributed by atoms with Crippen LogP contribution < -0.4 is 9.47 Å². The lowest BCUT2D eigenvalue weighted by Gasteiger charge is -2.22. The quantitative estimate of drug-likeness (QED) is 0.313. The van der Waals surface area contributed by atoms with Crippen molar-refractivity contribution in [1.82, 2.24) is 4.98 Å². The van der Waals surface area contributed by atoms with Gasteiger partial charge in [0.1, 0.15) is 24.7 Å². The second-order valence-electron chi connectivity index (χ2n) is 7.77. The molecule has 6 nitrogen and oxygen atoms in total. The van der Waals surface area contributed by atoms with Gasteiger partial charge in [0, 0.05) is 5.39 Å². The SMILES string of the molecule is COC(=O)C(=C1COc2ccc(OCc3ccc4ccccc4n3)cc2C1=O)c1ccccc1. The number of ether oxygens (including phenoxy) is 3. The molecule has 0 saturated carbocycles. The average Bonchev–Trinajstić information content (AvgIpc) is 2.89. The summed E-state index contributed by atoms with van der Waals surface area (Å²) >= 11 is 0. The summed E-state index contributed by atoms with van der Waals surface area (Å²) < 4.78 is 16.7. The second kappa shape index (κ2) is 9.19. The number of carbonyl (C=O) groups excluding carboxylic acids is 2. The molecule has 3 aromatic carbocycles. The Morgan fingerprint density at radius 3 is 2.59 bits per heavy atom. The summed E-state index contributed by atoms with van der Waals surface area (Å²) in [5.74, 6) is 0.0737. The molecule has 0 bridgehead atoms. The molecular formula is C28H21NO5. The van der Waals surface area contributed by atoms with Gasteiger partial charge in [0.2, 0.25) is 0 Å². The van der Waals surface area contributed by atoms with Gasteiger partial charge in [-0.1, -0.05) is 54.6 Å². The van der Waals surface area contributed by atoms with Crippen LogP contribution >= 0.6 is 0 Å². The van der Waals surface area contributed by atoms with E-state index in [0.29, 0.717) is 22.6 Å². The molecule has 0 amide bonds. The van der Waals surface area contributed by atoms with Crippen LogP contribution in [0.25, 0.3) is 16.5 Å². The maximum Gasteiger partial charge on any atom is 0.339 e. The lowest BCUT2D eigenvalue weighted by Crippen LogP contribution is -2.23. The Morgan fingerprint density at radius 1 is 0.971 bits per heavy atom. The highest BCUT2D eigenvalue weighted by atomic mass is 16.5. The number of esters is 1. The third-order valence-electron chi connectivity index (χ3n) is 5.64. The maximum absolute atomic E-state index is 13.4. The molecule has 34 heavy (non-hydrogen) atoms. The molecular weight excluding hydrogens is 430 g/mol. The molecule has 4 aromatic rings. The number of pyridine rings is 1. The molecule has 168 valence electrons. The van der Waals surface area contributed by atoms with Crippen LogP contribution in [-0.4, -0.2) is 30.5 Å². The summed E-state index contributed by atoms with van der Waals surface area (Å²) in [4.78, 5) is 30.6. The van der Waals surface area contributed by atoms with Gasteiger partial charge >= 0.3 is 5.97 Å². The number of Topliss-reactive ketones (excluding diaryl/α,β-unsaturated/α-hetero) is 1. The molecule has 0 atom stereocenters. The van der Waals surface area contributed by atoms with E-state index >= 15 is 0 Å². The summed E-state index contributed by atoms with van der Waals surface area (Å²) in [5.41, 5.74) is 3.05. The molecule has 0 radical (unpaired) electrons. The minimum atomic E-state index is -0.587. The molecule has 0 aliphatic carbocycles. The molecule has 6 heteroatoms. The number of aromatic nitrogens is 1.